The van der Waals surface area contributed by atoms with E-state index < -0.39 is 0 Å². The zero-order valence-electron chi connectivity index (χ0n) is 7.52. The van der Waals surface area contributed by atoms with E-state index in [1.54, 1.807) is 0 Å². The van der Waals surface area contributed by atoms with E-state index in [-0.39, 0.29) is 0 Å². The second-order valence-corrected chi connectivity index (χ2v) is 3.55. The SMILES string of the molecule is Cc1ccc(CNCBr)c(C)c1. The summed E-state index contributed by atoms with van der Waals surface area (Å²) in [6, 6.07) is 6.55. The van der Waals surface area contributed by atoms with E-state index >= 15 is 0 Å². The lowest BCUT2D eigenvalue weighted by atomic mass is 10.1. The Morgan fingerprint density at radius 2 is 2.08 bits per heavy atom. The topological polar surface area (TPSA) is 12.0 Å². The summed E-state index contributed by atoms with van der Waals surface area (Å²) in [6.45, 7) is 5.21. The van der Waals surface area contributed by atoms with E-state index in [1.165, 1.54) is 16.7 Å². The fourth-order valence-electron chi connectivity index (χ4n) is 1.23. The summed E-state index contributed by atoms with van der Waals surface area (Å²) in [5.74, 6) is 0. The zero-order chi connectivity index (χ0) is 8.97. The molecule has 0 radical (unpaired) electrons. The molecule has 0 saturated heterocycles. The highest BCUT2D eigenvalue weighted by atomic mass is 79.9. The van der Waals surface area contributed by atoms with Crippen molar-refractivity contribution < 1.29 is 0 Å². The molecule has 0 heterocycles. The van der Waals surface area contributed by atoms with Crippen LogP contribution in [0, 0.1) is 13.8 Å². The summed E-state index contributed by atoms with van der Waals surface area (Å²) in [7, 11) is 0. The minimum Gasteiger partial charge on any atom is -0.303 e. The molecule has 0 unspecified atom stereocenters. The summed E-state index contributed by atoms with van der Waals surface area (Å²) >= 11 is 3.33. The number of rotatable bonds is 3. The van der Waals surface area contributed by atoms with Crippen LogP contribution in [0.4, 0.5) is 0 Å². The molecule has 0 aliphatic rings. The third kappa shape index (κ3) is 2.61. The molecule has 0 spiro atoms. The molecule has 0 amide bonds. The highest BCUT2D eigenvalue weighted by Gasteiger charge is 1.96. The molecule has 0 bridgehead atoms. The van der Waals surface area contributed by atoms with Crippen LogP contribution < -0.4 is 5.32 Å². The van der Waals surface area contributed by atoms with Gasteiger partial charge in [0.15, 0.2) is 0 Å². The van der Waals surface area contributed by atoms with Crippen LogP contribution in [0.25, 0.3) is 0 Å². The number of nitrogens with one attached hydrogen (secondary N) is 1. The molecule has 0 aromatic heterocycles. The van der Waals surface area contributed by atoms with Crippen molar-refractivity contribution in [3.63, 3.8) is 0 Å². The van der Waals surface area contributed by atoms with Gasteiger partial charge in [0.25, 0.3) is 0 Å². The van der Waals surface area contributed by atoms with Crippen molar-refractivity contribution in [3.8, 4) is 0 Å². The van der Waals surface area contributed by atoms with Crippen LogP contribution in [0.2, 0.25) is 0 Å². The van der Waals surface area contributed by atoms with Gasteiger partial charge in [-0.05, 0) is 25.0 Å². The monoisotopic (exact) mass is 227 g/mol. The lowest BCUT2D eigenvalue weighted by Crippen LogP contribution is -2.10. The van der Waals surface area contributed by atoms with E-state index in [9.17, 15) is 0 Å². The highest BCUT2D eigenvalue weighted by molar-refractivity contribution is 9.09. The average molecular weight is 228 g/mol. The molecule has 1 N–H and O–H groups in total. The first-order chi connectivity index (χ1) is 5.74. The molecule has 0 atom stereocenters. The van der Waals surface area contributed by atoms with Crippen LogP contribution in [0.1, 0.15) is 16.7 Å². The number of alkyl halides is 1. The van der Waals surface area contributed by atoms with E-state index in [4.69, 9.17) is 0 Å². The van der Waals surface area contributed by atoms with Gasteiger partial charge >= 0.3 is 0 Å². The second kappa shape index (κ2) is 4.63. The standard InChI is InChI=1S/C10H14BrN/c1-8-3-4-10(6-12-7-11)9(2)5-8/h3-5,12H,6-7H2,1-2H3. The first kappa shape index (κ1) is 9.75. The first-order valence-electron chi connectivity index (χ1n) is 4.07. The zero-order valence-corrected chi connectivity index (χ0v) is 9.11. The molecule has 0 saturated carbocycles. The Bertz CT molecular complexity index is 258. The molecular formula is C10H14BrN. The molecule has 1 aromatic rings. The summed E-state index contributed by atoms with van der Waals surface area (Å²) in [4.78, 5) is 0. The number of hydrogen-bond acceptors (Lipinski definition) is 1. The molecule has 0 aliphatic heterocycles. The van der Waals surface area contributed by atoms with Crippen molar-refractivity contribution in [2.45, 2.75) is 20.4 Å². The Balaban J connectivity index is 2.72. The van der Waals surface area contributed by atoms with Gasteiger partial charge in [0.1, 0.15) is 0 Å². The van der Waals surface area contributed by atoms with E-state index in [2.05, 4.69) is 53.3 Å². The minimum atomic E-state index is 0.848. The molecule has 0 fully saturated rings. The second-order valence-electron chi connectivity index (χ2n) is 2.99. The van der Waals surface area contributed by atoms with Gasteiger partial charge < -0.3 is 5.32 Å². The first-order valence-corrected chi connectivity index (χ1v) is 5.19. The number of halogens is 1. The van der Waals surface area contributed by atoms with Crippen molar-refractivity contribution >= 4 is 15.9 Å². The van der Waals surface area contributed by atoms with Gasteiger partial charge in [-0.2, -0.15) is 0 Å². The van der Waals surface area contributed by atoms with Crippen molar-refractivity contribution in [2.75, 3.05) is 5.45 Å². The number of aryl methyl sites for hydroxylation is 2. The summed E-state index contributed by atoms with van der Waals surface area (Å²) in [5, 5.41) is 3.24. The van der Waals surface area contributed by atoms with E-state index in [0.29, 0.717) is 0 Å². The van der Waals surface area contributed by atoms with Gasteiger partial charge in [0.2, 0.25) is 0 Å². The number of benzene rings is 1. The highest BCUT2D eigenvalue weighted by Crippen LogP contribution is 2.09. The molecule has 1 rings (SSSR count). The molecule has 66 valence electrons. The molecule has 12 heavy (non-hydrogen) atoms. The van der Waals surface area contributed by atoms with E-state index in [1.807, 2.05) is 0 Å². The minimum absolute atomic E-state index is 0.848. The largest absolute Gasteiger partial charge is 0.303 e. The maximum Gasteiger partial charge on any atom is 0.0519 e. The van der Waals surface area contributed by atoms with Crippen LogP contribution in [-0.2, 0) is 6.54 Å². The Morgan fingerprint density at radius 3 is 2.67 bits per heavy atom. The van der Waals surface area contributed by atoms with Crippen LogP contribution in [0.15, 0.2) is 18.2 Å². The van der Waals surface area contributed by atoms with Crippen LogP contribution in [-0.4, -0.2) is 5.45 Å². The van der Waals surface area contributed by atoms with Gasteiger partial charge in [-0.3, -0.25) is 0 Å². The Hall–Kier alpha value is -0.340. The molecule has 1 nitrogen and oxygen atoms in total. The lowest BCUT2D eigenvalue weighted by Gasteiger charge is -2.06. The van der Waals surface area contributed by atoms with Crippen molar-refractivity contribution in [1.82, 2.24) is 5.32 Å². The van der Waals surface area contributed by atoms with Gasteiger partial charge in [-0.25, -0.2) is 0 Å². The average Bonchev–Trinajstić information content (AvgIpc) is 2.03. The summed E-state index contributed by atoms with van der Waals surface area (Å²) in [6.07, 6.45) is 0. The van der Waals surface area contributed by atoms with Crippen LogP contribution in [0.3, 0.4) is 0 Å². The van der Waals surface area contributed by atoms with Gasteiger partial charge in [0, 0.05) is 6.54 Å². The number of hydrogen-bond donors (Lipinski definition) is 1. The predicted octanol–water partition coefficient (Wildman–Crippen LogP) is 2.75. The summed E-state index contributed by atoms with van der Waals surface area (Å²) < 4.78 is 0. The Morgan fingerprint density at radius 1 is 1.33 bits per heavy atom. The van der Waals surface area contributed by atoms with Crippen LogP contribution >= 0.6 is 15.9 Å². The summed E-state index contributed by atoms with van der Waals surface area (Å²) in [5.41, 5.74) is 4.92. The lowest BCUT2D eigenvalue weighted by molar-refractivity contribution is 0.796. The molecule has 0 aliphatic carbocycles. The third-order valence-electron chi connectivity index (χ3n) is 1.91. The van der Waals surface area contributed by atoms with Gasteiger partial charge in [0.05, 0.1) is 5.45 Å². The van der Waals surface area contributed by atoms with Crippen molar-refractivity contribution in [1.29, 1.82) is 0 Å². The Labute approximate surface area is 82.3 Å². The molecular weight excluding hydrogens is 214 g/mol. The third-order valence-corrected chi connectivity index (χ3v) is 2.30. The molecule has 2 heteroatoms. The fourth-order valence-corrected chi connectivity index (χ4v) is 1.42. The maximum atomic E-state index is 3.33. The van der Waals surface area contributed by atoms with E-state index in [0.717, 1.165) is 12.0 Å². The normalized spacial score (nSPS) is 10.2. The molecule has 1 aromatic carbocycles. The smallest absolute Gasteiger partial charge is 0.0519 e. The van der Waals surface area contributed by atoms with Gasteiger partial charge in [-0.1, -0.05) is 39.7 Å². The predicted molar refractivity (Wildman–Crippen MR) is 56.5 cm³/mol. The fraction of sp³-hybridized carbons (Fsp3) is 0.400. The van der Waals surface area contributed by atoms with Crippen molar-refractivity contribution in [2.24, 2.45) is 0 Å². The Kier molecular flexibility index (Phi) is 3.76. The maximum absolute atomic E-state index is 3.33. The van der Waals surface area contributed by atoms with Gasteiger partial charge in [-0.15, -0.1) is 0 Å². The quantitative estimate of drug-likeness (QED) is 0.619. The van der Waals surface area contributed by atoms with Crippen LogP contribution in [0.5, 0.6) is 0 Å². The van der Waals surface area contributed by atoms with Crippen molar-refractivity contribution in [3.05, 3.63) is 34.9 Å².